The van der Waals surface area contributed by atoms with E-state index in [0.717, 1.165) is 6.42 Å². The van der Waals surface area contributed by atoms with Crippen LogP contribution in [0, 0.1) is 0 Å². The lowest BCUT2D eigenvalue weighted by molar-refractivity contribution is -0.154. The van der Waals surface area contributed by atoms with Crippen molar-refractivity contribution >= 4 is 5.69 Å². The minimum absolute atomic E-state index is 0.0271. The number of nitrogen functional groups attached to an aromatic ring is 1. The number of halogens is 3. The van der Waals surface area contributed by atoms with Gasteiger partial charge < -0.3 is 10.5 Å². The number of aromatic nitrogens is 2. The number of nitrogens with zero attached hydrogens (tertiary/aromatic N) is 2. The van der Waals surface area contributed by atoms with Gasteiger partial charge in [0.15, 0.2) is 6.61 Å². The zero-order chi connectivity index (χ0) is 12.3. The molecule has 0 atom stereocenters. The largest absolute Gasteiger partial charge is 0.467 e. The molecule has 1 heterocycles. The van der Waals surface area contributed by atoms with Crippen molar-refractivity contribution in [3.8, 4) is 5.88 Å². The molecule has 0 bridgehead atoms. The Morgan fingerprint density at radius 1 is 1.44 bits per heavy atom. The second kappa shape index (κ2) is 4.63. The first-order chi connectivity index (χ1) is 7.35. The fraction of sp³-hybridized carbons (Fsp3) is 0.667. The third kappa shape index (κ3) is 3.04. The number of rotatable bonds is 4. The van der Waals surface area contributed by atoms with Gasteiger partial charge in [0.05, 0.1) is 5.69 Å². The Hall–Kier alpha value is -1.40. The maximum atomic E-state index is 12.0. The van der Waals surface area contributed by atoms with Crippen molar-refractivity contribution in [2.45, 2.75) is 25.9 Å². The number of hydrogen-bond donors (Lipinski definition) is 1. The summed E-state index contributed by atoms with van der Waals surface area (Å²) in [5.41, 5.74) is 6.40. The molecule has 0 unspecified atom stereocenters. The fourth-order valence-corrected chi connectivity index (χ4v) is 1.32. The van der Waals surface area contributed by atoms with E-state index in [-0.39, 0.29) is 11.6 Å². The van der Waals surface area contributed by atoms with Gasteiger partial charge in [-0.2, -0.15) is 18.3 Å². The van der Waals surface area contributed by atoms with Crippen LogP contribution in [0.2, 0.25) is 0 Å². The predicted octanol–water partition coefficient (Wildman–Crippen LogP) is 1.90. The standard InChI is InChI=1S/C9H14F3N3O/c1-3-4-6-7(13)8(15(2)14-6)16-5-9(10,11)12/h3-5,13H2,1-2H3. The summed E-state index contributed by atoms with van der Waals surface area (Å²) in [6, 6.07) is 0. The first kappa shape index (κ1) is 12.7. The summed E-state index contributed by atoms with van der Waals surface area (Å²) < 4.78 is 41.7. The Labute approximate surface area is 91.2 Å². The van der Waals surface area contributed by atoms with Gasteiger partial charge in [-0.3, -0.25) is 0 Å². The van der Waals surface area contributed by atoms with Crippen LogP contribution in [0.3, 0.4) is 0 Å². The van der Waals surface area contributed by atoms with Gasteiger partial charge in [-0.05, 0) is 6.42 Å². The molecule has 0 aliphatic carbocycles. The number of aryl methyl sites for hydroxylation is 2. The summed E-state index contributed by atoms with van der Waals surface area (Å²) in [5, 5.41) is 4.00. The van der Waals surface area contributed by atoms with Crippen LogP contribution < -0.4 is 10.5 Å². The predicted molar refractivity (Wildman–Crippen MR) is 53.2 cm³/mol. The van der Waals surface area contributed by atoms with E-state index < -0.39 is 12.8 Å². The molecule has 0 aliphatic heterocycles. The number of alkyl halides is 3. The molecule has 1 aromatic heterocycles. The lowest BCUT2D eigenvalue weighted by atomic mass is 10.2. The molecule has 0 aliphatic rings. The normalized spacial score (nSPS) is 11.8. The summed E-state index contributed by atoms with van der Waals surface area (Å²) in [6.45, 7) is 0.576. The summed E-state index contributed by atoms with van der Waals surface area (Å²) in [7, 11) is 1.50. The lowest BCUT2D eigenvalue weighted by Crippen LogP contribution is -2.20. The zero-order valence-electron chi connectivity index (χ0n) is 9.14. The molecular formula is C9H14F3N3O. The molecule has 0 aromatic carbocycles. The molecule has 0 saturated heterocycles. The molecule has 0 radical (unpaired) electrons. The second-order valence-electron chi connectivity index (χ2n) is 3.44. The topological polar surface area (TPSA) is 53.1 Å². The average Bonchev–Trinajstić information content (AvgIpc) is 2.39. The smallest absolute Gasteiger partial charge is 0.422 e. The SMILES string of the molecule is CCCc1nn(C)c(OCC(F)(F)F)c1N. The molecule has 4 nitrogen and oxygen atoms in total. The van der Waals surface area contributed by atoms with Crippen molar-refractivity contribution in [3.05, 3.63) is 5.69 Å². The Kier molecular flexibility index (Phi) is 3.66. The summed E-state index contributed by atoms with van der Waals surface area (Å²) >= 11 is 0. The molecule has 2 N–H and O–H groups in total. The van der Waals surface area contributed by atoms with E-state index in [1.165, 1.54) is 11.7 Å². The van der Waals surface area contributed by atoms with Gasteiger partial charge >= 0.3 is 6.18 Å². The van der Waals surface area contributed by atoms with Crippen molar-refractivity contribution in [1.29, 1.82) is 0 Å². The van der Waals surface area contributed by atoms with Crippen LogP contribution in [0.4, 0.5) is 18.9 Å². The van der Waals surface area contributed by atoms with Crippen LogP contribution in [0.5, 0.6) is 5.88 Å². The van der Waals surface area contributed by atoms with Crippen LogP contribution in [-0.4, -0.2) is 22.6 Å². The molecule has 0 saturated carbocycles. The third-order valence-electron chi connectivity index (χ3n) is 1.97. The maximum absolute atomic E-state index is 12.0. The lowest BCUT2D eigenvalue weighted by Gasteiger charge is -2.09. The van der Waals surface area contributed by atoms with E-state index in [4.69, 9.17) is 5.73 Å². The summed E-state index contributed by atoms with van der Waals surface area (Å²) in [5.74, 6) is -0.0271. The van der Waals surface area contributed by atoms with E-state index in [0.29, 0.717) is 12.1 Å². The third-order valence-corrected chi connectivity index (χ3v) is 1.97. The van der Waals surface area contributed by atoms with Crippen LogP contribution >= 0.6 is 0 Å². The number of hydrogen-bond acceptors (Lipinski definition) is 3. The highest BCUT2D eigenvalue weighted by molar-refractivity contribution is 5.53. The molecular weight excluding hydrogens is 223 g/mol. The van der Waals surface area contributed by atoms with Crippen LogP contribution in [-0.2, 0) is 13.5 Å². The van der Waals surface area contributed by atoms with Gasteiger partial charge in [-0.15, -0.1) is 0 Å². The Morgan fingerprint density at radius 2 is 2.06 bits per heavy atom. The Morgan fingerprint density at radius 3 is 2.56 bits per heavy atom. The van der Waals surface area contributed by atoms with E-state index in [1.807, 2.05) is 6.92 Å². The van der Waals surface area contributed by atoms with Crippen LogP contribution in [0.1, 0.15) is 19.0 Å². The van der Waals surface area contributed by atoms with Gasteiger partial charge in [0.1, 0.15) is 5.69 Å². The van der Waals surface area contributed by atoms with Crippen molar-refractivity contribution in [2.75, 3.05) is 12.3 Å². The number of anilines is 1. The Bertz CT molecular complexity index is 360. The highest BCUT2D eigenvalue weighted by Crippen LogP contribution is 2.27. The van der Waals surface area contributed by atoms with Gasteiger partial charge in [0.25, 0.3) is 0 Å². The van der Waals surface area contributed by atoms with E-state index in [2.05, 4.69) is 9.84 Å². The van der Waals surface area contributed by atoms with Gasteiger partial charge in [-0.25, -0.2) is 4.68 Å². The summed E-state index contributed by atoms with van der Waals surface area (Å²) in [4.78, 5) is 0. The van der Waals surface area contributed by atoms with Crippen molar-refractivity contribution in [1.82, 2.24) is 9.78 Å². The minimum atomic E-state index is -4.37. The molecule has 7 heteroatoms. The average molecular weight is 237 g/mol. The fourth-order valence-electron chi connectivity index (χ4n) is 1.32. The van der Waals surface area contributed by atoms with Gasteiger partial charge in [0.2, 0.25) is 5.88 Å². The molecule has 1 rings (SSSR count). The van der Waals surface area contributed by atoms with E-state index in [9.17, 15) is 13.2 Å². The molecule has 1 aromatic rings. The quantitative estimate of drug-likeness (QED) is 0.870. The second-order valence-corrected chi connectivity index (χ2v) is 3.44. The van der Waals surface area contributed by atoms with Gasteiger partial charge in [-0.1, -0.05) is 13.3 Å². The monoisotopic (exact) mass is 237 g/mol. The van der Waals surface area contributed by atoms with Crippen molar-refractivity contribution < 1.29 is 17.9 Å². The number of ether oxygens (including phenoxy) is 1. The van der Waals surface area contributed by atoms with Crippen LogP contribution in [0.15, 0.2) is 0 Å². The molecule has 0 spiro atoms. The first-order valence-electron chi connectivity index (χ1n) is 4.86. The molecule has 92 valence electrons. The van der Waals surface area contributed by atoms with Gasteiger partial charge in [0, 0.05) is 7.05 Å². The summed E-state index contributed by atoms with van der Waals surface area (Å²) in [6.07, 6.45) is -2.93. The minimum Gasteiger partial charge on any atom is -0.467 e. The van der Waals surface area contributed by atoms with Crippen molar-refractivity contribution in [2.24, 2.45) is 7.05 Å². The molecule has 0 amide bonds. The highest BCUT2D eigenvalue weighted by Gasteiger charge is 2.29. The zero-order valence-corrected chi connectivity index (χ0v) is 9.14. The van der Waals surface area contributed by atoms with E-state index in [1.54, 1.807) is 0 Å². The van der Waals surface area contributed by atoms with Crippen molar-refractivity contribution in [3.63, 3.8) is 0 Å². The maximum Gasteiger partial charge on any atom is 0.422 e. The van der Waals surface area contributed by atoms with E-state index >= 15 is 0 Å². The highest BCUT2D eigenvalue weighted by atomic mass is 19.4. The molecule has 0 fully saturated rings. The molecule has 16 heavy (non-hydrogen) atoms. The first-order valence-corrected chi connectivity index (χ1v) is 4.86. The Balaban J connectivity index is 2.80. The number of nitrogens with two attached hydrogens (primary N) is 1. The van der Waals surface area contributed by atoms with Crippen LogP contribution in [0.25, 0.3) is 0 Å².